The molecule has 5 rings (SSSR count). The van der Waals surface area contributed by atoms with E-state index in [0.29, 0.717) is 49.5 Å². The molecule has 0 unspecified atom stereocenters. The van der Waals surface area contributed by atoms with E-state index in [2.05, 4.69) is 15.7 Å². The maximum atomic E-state index is 13.7. The van der Waals surface area contributed by atoms with Gasteiger partial charge in [-0.2, -0.15) is 31.4 Å². The van der Waals surface area contributed by atoms with Crippen LogP contribution in [0.5, 0.6) is 5.75 Å². The van der Waals surface area contributed by atoms with E-state index in [4.69, 9.17) is 4.74 Å². The molecule has 2 heterocycles. The van der Waals surface area contributed by atoms with Gasteiger partial charge in [-0.3, -0.25) is 14.3 Å². The van der Waals surface area contributed by atoms with E-state index in [1.165, 1.54) is 12.1 Å². The van der Waals surface area contributed by atoms with Gasteiger partial charge >= 0.3 is 12.4 Å². The molecule has 1 aromatic heterocycles. The van der Waals surface area contributed by atoms with Crippen molar-refractivity contribution >= 4 is 11.8 Å². The second-order valence-corrected chi connectivity index (χ2v) is 11.3. The molecule has 2 N–H and O–H groups in total. The van der Waals surface area contributed by atoms with Gasteiger partial charge in [0, 0.05) is 19.0 Å². The van der Waals surface area contributed by atoms with Crippen LogP contribution >= 0.6 is 0 Å². The predicted octanol–water partition coefficient (Wildman–Crippen LogP) is 5.26. The minimum Gasteiger partial charge on any atom is -0.484 e. The van der Waals surface area contributed by atoms with Crippen molar-refractivity contribution in [1.82, 2.24) is 20.4 Å². The van der Waals surface area contributed by atoms with Crippen molar-refractivity contribution in [3.63, 3.8) is 0 Å². The summed E-state index contributed by atoms with van der Waals surface area (Å²) in [5.74, 6) is -0.824. The van der Waals surface area contributed by atoms with E-state index in [1.54, 1.807) is 16.8 Å². The lowest BCUT2D eigenvalue weighted by Gasteiger charge is -2.41. The Kier molecular flexibility index (Phi) is 7.99. The molecule has 2 amide bonds. The van der Waals surface area contributed by atoms with Crippen molar-refractivity contribution in [3.8, 4) is 5.75 Å². The molecule has 1 aliphatic heterocycles. The number of benzene rings is 1. The summed E-state index contributed by atoms with van der Waals surface area (Å²) in [6.07, 6.45) is -4.88. The molecule has 0 saturated heterocycles. The van der Waals surface area contributed by atoms with Crippen LogP contribution in [0.15, 0.2) is 24.3 Å². The van der Waals surface area contributed by atoms with Crippen LogP contribution in [0.1, 0.15) is 72.3 Å². The van der Waals surface area contributed by atoms with Gasteiger partial charge in [0.15, 0.2) is 6.61 Å². The molecule has 13 heteroatoms. The third kappa shape index (κ3) is 6.64. The Balaban J connectivity index is 1.26. The highest BCUT2D eigenvalue weighted by Gasteiger charge is 2.63. The number of fused-ring (bicyclic) bond motifs is 1. The predicted molar refractivity (Wildman–Crippen MR) is 135 cm³/mol. The molecular formula is C28H32F6N4O3. The molecule has 3 aliphatic rings. The number of aromatic nitrogens is 2. The van der Waals surface area contributed by atoms with Crippen LogP contribution in [-0.2, 0) is 30.7 Å². The van der Waals surface area contributed by atoms with Gasteiger partial charge in [-0.25, -0.2) is 0 Å². The molecule has 0 bridgehead atoms. The molecule has 1 atom stereocenters. The van der Waals surface area contributed by atoms with E-state index in [9.17, 15) is 35.9 Å². The molecule has 41 heavy (non-hydrogen) atoms. The van der Waals surface area contributed by atoms with E-state index < -0.39 is 36.2 Å². The quantitative estimate of drug-likeness (QED) is 0.352. The average molecular weight is 587 g/mol. The number of alkyl halides is 6. The van der Waals surface area contributed by atoms with E-state index in [0.717, 1.165) is 24.8 Å². The summed E-state index contributed by atoms with van der Waals surface area (Å²) in [5.41, 5.74) is -0.424. The Morgan fingerprint density at radius 3 is 2.54 bits per heavy atom. The summed E-state index contributed by atoms with van der Waals surface area (Å²) in [4.78, 5) is 25.9. The smallest absolute Gasteiger partial charge is 0.422 e. The number of amides is 2. The van der Waals surface area contributed by atoms with Gasteiger partial charge in [0.25, 0.3) is 5.91 Å². The normalized spacial score (nSPS) is 20.1. The second-order valence-electron chi connectivity index (χ2n) is 11.3. The maximum absolute atomic E-state index is 13.7. The minimum absolute atomic E-state index is 0.102. The van der Waals surface area contributed by atoms with Crippen LogP contribution in [0.3, 0.4) is 0 Å². The second kappa shape index (κ2) is 11.2. The molecular weight excluding hydrogens is 554 g/mol. The summed E-state index contributed by atoms with van der Waals surface area (Å²) in [5, 5.41) is 10.0. The molecule has 0 spiro atoms. The molecule has 0 radical (unpaired) electrons. The zero-order valence-electron chi connectivity index (χ0n) is 22.3. The number of hydrogen-bond donors (Lipinski definition) is 2. The zero-order valence-corrected chi connectivity index (χ0v) is 22.3. The monoisotopic (exact) mass is 586 g/mol. The van der Waals surface area contributed by atoms with Crippen LogP contribution in [0.4, 0.5) is 26.3 Å². The van der Waals surface area contributed by atoms with Crippen molar-refractivity contribution in [1.29, 1.82) is 0 Å². The number of carbonyl (C=O) groups excluding carboxylic acids is 2. The third-order valence-electron chi connectivity index (χ3n) is 8.26. The lowest BCUT2D eigenvalue weighted by molar-refractivity contribution is -0.243. The van der Waals surface area contributed by atoms with E-state index in [-0.39, 0.29) is 36.7 Å². The molecule has 224 valence electrons. The summed E-state index contributed by atoms with van der Waals surface area (Å²) in [6, 6.07) is 6.05. The number of ether oxygens (including phenoxy) is 1. The van der Waals surface area contributed by atoms with Crippen molar-refractivity contribution < 1.29 is 40.7 Å². The summed E-state index contributed by atoms with van der Waals surface area (Å²) in [7, 11) is 0. The van der Waals surface area contributed by atoms with Crippen LogP contribution in [-0.4, -0.2) is 46.6 Å². The first-order valence-electron chi connectivity index (χ1n) is 13.9. The Morgan fingerprint density at radius 2 is 1.90 bits per heavy atom. The lowest BCUT2D eigenvalue weighted by atomic mass is 9.67. The molecule has 2 saturated carbocycles. The van der Waals surface area contributed by atoms with Gasteiger partial charge < -0.3 is 15.4 Å². The van der Waals surface area contributed by atoms with Crippen LogP contribution in [0, 0.1) is 11.3 Å². The summed E-state index contributed by atoms with van der Waals surface area (Å²) in [6.45, 7) is -1.12. The molecule has 2 fully saturated rings. The Morgan fingerprint density at radius 1 is 1.15 bits per heavy atom. The van der Waals surface area contributed by atoms with Crippen LogP contribution in [0.25, 0.3) is 0 Å². The summed E-state index contributed by atoms with van der Waals surface area (Å²) >= 11 is 0. The highest BCUT2D eigenvalue weighted by Crippen LogP contribution is 2.53. The molecule has 2 aliphatic carbocycles. The maximum Gasteiger partial charge on any atom is 0.422 e. The van der Waals surface area contributed by atoms with Crippen molar-refractivity contribution in [2.24, 2.45) is 11.3 Å². The van der Waals surface area contributed by atoms with Crippen LogP contribution < -0.4 is 15.4 Å². The first-order valence-corrected chi connectivity index (χ1v) is 13.9. The van der Waals surface area contributed by atoms with Gasteiger partial charge in [-0.1, -0.05) is 31.4 Å². The van der Waals surface area contributed by atoms with Crippen molar-refractivity contribution in [2.45, 2.75) is 89.3 Å². The molecule has 7 nitrogen and oxygen atoms in total. The number of halogens is 6. The first-order chi connectivity index (χ1) is 19.3. The number of rotatable bonds is 11. The fourth-order valence-electron chi connectivity index (χ4n) is 5.55. The number of hydrogen-bond acceptors (Lipinski definition) is 4. The Hall–Kier alpha value is -3.25. The standard InChI is InChI=1S/C28H32F6N4O3/c29-27(30,31)16-41-20-4-1-3-18(13-20)7-8-19-14-21-23(24(39)36-19)22(38(37-21)12-9-17-5-6-17)15-35-25(40)26(10-2-11-26)28(32,33)34/h1,3-4,13,17,19H,2,5-12,14-16H2,(H,35,40)(H,36,39)/t19-/m0/s1. The van der Waals surface area contributed by atoms with E-state index in [1.807, 2.05) is 0 Å². The topological polar surface area (TPSA) is 85.2 Å². The number of nitrogens with one attached hydrogen (secondary N) is 2. The third-order valence-corrected chi connectivity index (χ3v) is 8.26. The highest BCUT2D eigenvalue weighted by molar-refractivity contribution is 5.98. The SMILES string of the molecule is O=C1N[C@@H](CCc2cccc(OCC(F)(F)F)c2)Cc2nn(CCC3CC3)c(CNC(=O)C3(C(F)(F)F)CCC3)c21. The fourth-order valence-corrected chi connectivity index (χ4v) is 5.55. The van der Waals surface area contributed by atoms with Gasteiger partial charge in [0.2, 0.25) is 5.91 Å². The lowest BCUT2D eigenvalue weighted by Crippen LogP contribution is -2.55. The zero-order chi connectivity index (χ0) is 29.4. The van der Waals surface area contributed by atoms with Gasteiger partial charge in [0.1, 0.15) is 11.2 Å². The van der Waals surface area contributed by atoms with Gasteiger partial charge in [0.05, 0.1) is 23.5 Å². The fraction of sp³-hybridized carbons (Fsp3) is 0.607. The van der Waals surface area contributed by atoms with Gasteiger partial charge in [-0.15, -0.1) is 0 Å². The van der Waals surface area contributed by atoms with E-state index >= 15 is 0 Å². The molecule has 2 aromatic rings. The number of carbonyl (C=O) groups is 2. The summed E-state index contributed by atoms with van der Waals surface area (Å²) < 4.78 is 84.9. The minimum atomic E-state index is -4.64. The average Bonchev–Trinajstić information content (AvgIpc) is 3.62. The largest absolute Gasteiger partial charge is 0.484 e. The Bertz CT molecular complexity index is 1280. The van der Waals surface area contributed by atoms with Gasteiger partial charge in [-0.05, 0) is 55.7 Å². The van der Waals surface area contributed by atoms with Crippen molar-refractivity contribution in [3.05, 3.63) is 46.8 Å². The van der Waals surface area contributed by atoms with Crippen molar-refractivity contribution in [2.75, 3.05) is 6.61 Å². The number of aryl methyl sites for hydroxylation is 2. The van der Waals surface area contributed by atoms with Crippen LogP contribution in [0.2, 0.25) is 0 Å². The molecule has 1 aromatic carbocycles. The first kappa shape index (κ1) is 29.2. The Labute approximate surface area is 233 Å². The highest BCUT2D eigenvalue weighted by atomic mass is 19.4. The number of nitrogens with zero attached hydrogens (tertiary/aromatic N) is 2.